The van der Waals surface area contributed by atoms with Crippen LogP contribution in [0.2, 0.25) is 0 Å². The number of carboxylic acid groups (broad SMARTS) is 1. The zero-order chi connectivity index (χ0) is 19.3. The molecule has 3 unspecified atom stereocenters. The van der Waals surface area contributed by atoms with Crippen molar-refractivity contribution in [3.8, 4) is 11.1 Å². The predicted molar refractivity (Wildman–Crippen MR) is 101 cm³/mol. The van der Waals surface area contributed by atoms with Crippen molar-refractivity contribution in [2.75, 3.05) is 19.7 Å². The molecule has 6 heteroatoms. The lowest BCUT2D eigenvalue weighted by atomic mass is 9.95. The molecule has 2 bridgehead atoms. The summed E-state index contributed by atoms with van der Waals surface area (Å²) >= 11 is 0. The van der Waals surface area contributed by atoms with Gasteiger partial charge in [0.05, 0.1) is 12.6 Å². The summed E-state index contributed by atoms with van der Waals surface area (Å²) in [6, 6.07) is 16.4. The van der Waals surface area contributed by atoms with E-state index in [1.54, 1.807) is 4.90 Å². The lowest BCUT2D eigenvalue weighted by molar-refractivity contribution is -0.150. The average molecular weight is 379 g/mol. The third-order valence-corrected chi connectivity index (χ3v) is 6.05. The Morgan fingerprint density at radius 1 is 1.04 bits per heavy atom. The topological polar surface area (TPSA) is 76.1 Å². The number of carboxylic acids is 1. The van der Waals surface area contributed by atoms with E-state index in [-0.39, 0.29) is 24.5 Å². The van der Waals surface area contributed by atoms with Crippen LogP contribution in [0.3, 0.4) is 0 Å². The molecule has 144 valence electrons. The Labute approximate surface area is 162 Å². The number of hydrogen-bond donors (Lipinski definition) is 1. The molecular weight excluding hydrogens is 358 g/mol. The summed E-state index contributed by atoms with van der Waals surface area (Å²) in [5.74, 6) is -1.11. The molecule has 0 spiro atoms. The summed E-state index contributed by atoms with van der Waals surface area (Å²) < 4.78 is 11.2. The highest BCUT2D eigenvalue weighted by Gasteiger charge is 2.46. The van der Waals surface area contributed by atoms with Crippen molar-refractivity contribution >= 4 is 12.1 Å². The van der Waals surface area contributed by atoms with Crippen LogP contribution in [-0.4, -0.2) is 54.0 Å². The Hall–Kier alpha value is -2.86. The summed E-state index contributed by atoms with van der Waals surface area (Å²) in [6.07, 6.45) is -0.757. The minimum absolute atomic E-state index is 0.0147. The van der Waals surface area contributed by atoms with Gasteiger partial charge in [0, 0.05) is 18.4 Å². The van der Waals surface area contributed by atoms with Crippen molar-refractivity contribution in [1.29, 1.82) is 0 Å². The van der Waals surface area contributed by atoms with E-state index in [1.165, 1.54) is 22.3 Å². The molecule has 2 fully saturated rings. The van der Waals surface area contributed by atoms with Crippen LogP contribution < -0.4 is 0 Å². The monoisotopic (exact) mass is 379 g/mol. The second-order valence-electron chi connectivity index (χ2n) is 7.72. The quantitative estimate of drug-likeness (QED) is 0.887. The third kappa shape index (κ3) is 2.76. The largest absolute Gasteiger partial charge is 0.479 e. The summed E-state index contributed by atoms with van der Waals surface area (Å²) in [4.78, 5) is 25.6. The first-order valence-electron chi connectivity index (χ1n) is 9.60. The molecule has 2 heterocycles. The molecular formula is C22H21NO5. The van der Waals surface area contributed by atoms with Gasteiger partial charge < -0.3 is 19.5 Å². The van der Waals surface area contributed by atoms with Gasteiger partial charge in [-0.2, -0.15) is 0 Å². The number of benzene rings is 2. The number of hydrogen-bond acceptors (Lipinski definition) is 4. The van der Waals surface area contributed by atoms with Gasteiger partial charge in [0.15, 0.2) is 6.10 Å². The van der Waals surface area contributed by atoms with Gasteiger partial charge in [-0.1, -0.05) is 48.5 Å². The average Bonchev–Trinajstić information content (AvgIpc) is 3.20. The van der Waals surface area contributed by atoms with Crippen LogP contribution in [0.1, 0.15) is 23.5 Å². The summed E-state index contributed by atoms with van der Waals surface area (Å²) in [7, 11) is 0. The highest BCUT2D eigenvalue weighted by atomic mass is 16.6. The van der Waals surface area contributed by atoms with E-state index in [2.05, 4.69) is 24.3 Å². The lowest BCUT2D eigenvalue weighted by Gasteiger charge is -2.30. The van der Waals surface area contributed by atoms with Crippen molar-refractivity contribution in [3.05, 3.63) is 59.7 Å². The van der Waals surface area contributed by atoms with Gasteiger partial charge in [0.2, 0.25) is 0 Å². The smallest absolute Gasteiger partial charge is 0.409 e. The van der Waals surface area contributed by atoms with Gasteiger partial charge in [0.25, 0.3) is 0 Å². The van der Waals surface area contributed by atoms with Gasteiger partial charge in [-0.05, 0) is 28.7 Å². The van der Waals surface area contributed by atoms with Gasteiger partial charge in [-0.25, -0.2) is 9.59 Å². The molecule has 2 saturated heterocycles. The van der Waals surface area contributed by atoms with Crippen LogP contribution in [-0.2, 0) is 14.3 Å². The van der Waals surface area contributed by atoms with Crippen LogP contribution >= 0.6 is 0 Å². The Balaban J connectivity index is 1.30. The summed E-state index contributed by atoms with van der Waals surface area (Å²) in [5.41, 5.74) is 4.72. The summed E-state index contributed by atoms with van der Waals surface area (Å²) in [5, 5.41) is 9.26. The van der Waals surface area contributed by atoms with Gasteiger partial charge in [-0.3, -0.25) is 0 Å². The fourth-order valence-electron chi connectivity index (χ4n) is 4.82. The number of ether oxygens (including phenoxy) is 2. The minimum Gasteiger partial charge on any atom is -0.479 e. The molecule has 5 rings (SSSR count). The molecule has 0 radical (unpaired) electrons. The molecule has 1 N–H and O–H groups in total. The normalized spacial score (nSPS) is 25.3. The molecule has 3 aliphatic rings. The highest BCUT2D eigenvalue weighted by Crippen LogP contribution is 2.44. The Morgan fingerprint density at radius 3 is 2.32 bits per heavy atom. The molecule has 6 nitrogen and oxygen atoms in total. The standard InChI is InChI=1S/C22H21NO5/c24-21(25)20-13-9-14(28-20)11-23(10-13)22(26)27-12-19-17-7-3-1-5-15(17)16-6-2-4-8-18(16)19/h1-8,13-14,19-20H,9-12H2,(H,24,25). The van der Waals surface area contributed by atoms with Crippen LogP contribution in [0, 0.1) is 5.92 Å². The van der Waals surface area contributed by atoms with E-state index in [0.29, 0.717) is 19.5 Å². The van der Waals surface area contributed by atoms with Crippen molar-refractivity contribution in [2.45, 2.75) is 24.5 Å². The molecule has 2 aliphatic heterocycles. The highest BCUT2D eigenvalue weighted by molar-refractivity contribution is 5.79. The SMILES string of the molecule is O=C(O)C1OC2CC1CN(C(=O)OCC1c3ccccc3-c3ccccc31)C2. The van der Waals surface area contributed by atoms with Gasteiger partial charge in [0.1, 0.15) is 6.61 Å². The van der Waals surface area contributed by atoms with E-state index in [1.807, 2.05) is 24.3 Å². The number of amides is 1. The first-order valence-corrected chi connectivity index (χ1v) is 9.60. The molecule has 2 aromatic rings. The number of carbonyl (C=O) groups excluding carboxylic acids is 1. The fraction of sp³-hybridized carbons (Fsp3) is 0.364. The van der Waals surface area contributed by atoms with Crippen LogP contribution in [0.5, 0.6) is 0 Å². The fourth-order valence-corrected chi connectivity index (χ4v) is 4.82. The molecule has 28 heavy (non-hydrogen) atoms. The van der Waals surface area contributed by atoms with E-state index < -0.39 is 18.2 Å². The molecule has 1 amide bonds. The lowest BCUT2D eigenvalue weighted by Crippen LogP contribution is -2.44. The van der Waals surface area contributed by atoms with Crippen LogP contribution in [0.25, 0.3) is 11.1 Å². The molecule has 1 aliphatic carbocycles. The first-order chi connectivity index (χ1) is 13.6. The number of carbonyl (C=O) groups is 2. The number of fused-ring (bicyclic) bond motifs is 5. The number of aliphatic carboxylic acids is 1. The summed E-state index contributed by atoms with van der Waals surface area (Å²) in [6.45, 7) is 1.02. The van der Waals surface area contributed by atoms with Crippen molar-refractivity contribution in [3.63, 3.8) is 0 Å². The van der Waals surface area contributed by atoms with Crippen molar-refractivity contribution < 1.29 is 24.2 Å². The minimum atomic E-state index is -0.957. The maximum Gasteiger partial charge on any atom is 0.409 e. The Bertz CT molecular complexity index is 897. The molecule has 0 saturated carbocycles. The van der Waals surface area contributed by atoms with E-state index >= 15 is 0 Å². The Kier molecular flexibility index (Phi) is 4.09. The molecule has 0 aromatic heterocycles. The van der Waals surface area contributed by atoms with Gasteiger partial charge >= 0.3 is 12.1 Å². The molecule has 3 atom stereocenters. The second-order valence-corrected chi connectivity index (χ2v) is 7.72. The first kappa shape index (κ1) is 17.3. The maximum atomic E-state index is 12.7. The van der Waals surface area contributed by atoms with Crippen LogP contribution in [0.4, 0.5) is 4.79 Å². The predicted octanol–water partition coefficient (Wildman–Crippen LogP) is 3.11. The van der Waals surface area contributed by atoms with Crippen molar-refractivity contribution in [1.82, 2.24) is 4.90 Å². The zero-order valence-corrected chi connectivity index (χ0v) is 15.3. The second kappa shape index (κ2) is 6.63. The third-order valence-electron chi connectivity index (χ3n) is 6.05. The van der Waals surface area contributed by atoms with Crippen molar-refractivity contribution in [2.24, 2.45) is 5.92 Å². The Morgan fingerprint density at radius 2 is 1.68 bits per heavy atom. The van der Waals surface area contributed by atoms with Crippen LogP contribution in [0.15, 0.2) is 48.5 Å². The number of nitrogens with zero attached hydrogens (tertiary/aromatic N) is 1. The number of rotatable bonds is 3. The van der Waals surface area contributed by atoms with Gasteiger partial charge in [-0.15, -0.1) is 0 Å². The number of piperidine rings is 1. The zero-order valence-electron chi connectivity index (χ0n) is 15.3. The maximum absolute atomic E-state index is 12.7. The van der Waals surface area contributed by atoms with E-state index in [0.717, 1.165) is 0 Å². The number of likely N-dealkylation sites (tertiary alicyclic amines) is 1. The molecule has 2 aromatic carbocycles. The van der Waals surface area contributed by atoms with E-state index in [9.17, 15) is 14.7 Å². The van der Waals surface area contributed by atoms with E-state index in [4.69, 9.17) is 9.47 Å².